The van der Waals surface area contributed by atoms with Crippen molar-refractivity contribution >= 4 is 5.91 Å². The van der Waals surface area contributed by atoms with E-state index in [2.05, 4.69) is 37.5 Å². The molecule has 104 valence electrons. The van der Waals surface area contributed by atoms with Crippen LogP contribution in [0.4, 0.5) is 0 Å². The van der Waals surface area contributed by atoms with E-state index in [-0.39, 0.29) is 11.5 Å². The van der Waals surface area contributed by atoms with E-state index in [0.29, 0.717) is 18.0 Å². The van der Waals surface area contributed by atoms with E-state index >= 15 is 0 Å². The van der Waals surface area contributed by atoms with Gasteiger partial charge in [-0.1, -0.05) is 20.8 Å². The van der Waals surface area contributed by atoms with Crippen molar-refractivity contribution in [2.75, 3.05) is 19.6 Å². The summed E-state index contributed by atoms with van der Waals surface area (Å²) in [6.07, 6.45) is 1.75. The van der Waals surface area contributed by atoms with E-state index in [9.17, 15) is 4.79 Å². The van der Waals surface area contributed by atoms with Gasteiger partial charge in [-0.3, -0.25) is 9.69 Å². The lowest BCUT2D eigenvalue weighted by Gasteiger charge is -2.47. The van der Waals surface area contributed by atoms with Gasteiger partial charge >= 0.3 is 0 Å². The summed E-state index contributed by atoms with van der Waals surface area (Å²) in [6, 6.07) is 0.971. The minimum absolute atomic E-state index is 0.161. The van der Waals surface area contributed by atoms with Crippen LogP contribution in [0.3, 0.4) is 0 Å². The minimum Gasteiger partial charge on any atom is -0.337 e. The molecule has 0 aliphatic carbocycles. The zero-order valence-corrected chi connectivity index (χ0v) is 12.1. The predicted molar refractivity (Wildman–Crippen MR) is 73.2 cm³/mol. The number of carbonyl (C=O) groups is 1. The van der Waals surface area contributed by atoms with Gasteiger partial charge in [0.05, 0.1) is 0 Å². The summed E-state index contributed by atoms with van der Waals surface area (Å²) >= 11 is 0. The normalized spacial score (nSPS) is 29.3. The molecule has 0 saturated carbocycles. The number of fused-ring (bicyclic) bond motifs is 1. The molecule has 2 aliphatic rings. The van der Waals surface area contributed by atoms with Crippen molar-refractivity contribution in [3.05, 3.63) is 0 Å². The van der Waals surface area contributed by atoms with Crippen LogP contribution >= 0.6 is 0 Å². The summed E-state index contributed by atoms with van der Waals surface area (Å²) in [4.78, 5) is 16.3. The van der Waals surface area contributed by atoms with Crippen molar-refractivity contribution in [2.45, 2.75) is 58.7 Å². The quantitative estimate of drug-likeness (QED) is 0.800. The molecule has 2 fully saturated rings. The van der Waals surface area contributed by atoms with Crippen LogP contribution in [0.2, 0.25) is 0 Å². The maximum atomic E-state index is 11.7. The first-order valence-corrected chi connectivity index (χ1v) is 7.10. The van der Waals surface area contributed by atoms with Gasteiger partial charge in [0.1, 0.15) is 0 Å². The SMILES string of the molecule is CC(N)C(N1CCN2C(=O)CCC2C1)C(C)(C)C. The van der Waals surface area contributed by atoms with Gasteiger partial charge in [-0.25, -0.2) is 0 Å². The number of amides is 1. The molecule has 2 saturated heterocycles. The molecule has 2 heterocycles. The van der Waals surface area contributed by atoms with Crippen molar-refractivity contribution in [2.24, 2.45) is 11.1 Å². The first kappa shape index (κ1) is 13.8. The average Bonchev–Trinajstić information content (AvgIpc) is 2.57. The summed E-state index contributed by atoms with van der Waals surface area (Å²) in [5.41, 5.74) is 6.38. The van der Waals surface area contributed by atoms with E-state index in [4.69, 9.17) is 5.73 Å². The molecule has 3 atom stereocenters. The number of rotatable bonds is 2. The number of nitrogens with zero attached hydrogens (tertiary/aromatic N) is 2. The minimum atomic E-state index is 0.161. The van der Waals surface area contributed by atoms with Gasteiger partial charge in [-0.15, -0.1) is 0 Å². The molecule has 0 aromatic carbocycles. The highest BCUT2D eigenvalue weighted by molar-refractivity contribution is 5.78. The zero-order valence-electron chi connectivity index (χ0n) is 12.1. The molecule has 4 heteroatoms. The molecule has 2 aliphatic heterocycles. The van der Waals surface area contributed by atoms with Gasteiger partial charge in [0.15, 0.2) is 0 Å². The maximum Gasteiger partial charge on any atom is 0.222 e. The van der Waals surface area contributed by atoms with Crippen molar-refractivity contribution < 1.29 is 4.79 Å². The predicted octanol–water partition coefficient (Wildman–Crippen LogP) is 1.05. The maximum absolute atomic E-state index is 11.7. The largest absolute Gasteiger partial charge is 0.337 e. The Morgan fingerprint density at radius 1 is 1.33 bits per heavy atom. The molecule has 1 amide bonds. The third-order valence-electron chi connectivity index (χ3n) is 4.30. The van der Waals surface area contributed by atoms with E-state index in [0.717, 1.165) is 32.5 Å². The van der Waals surface area contributed by atoms with E-state index in [1.165, 1.54) is 0 Å². The van der Waals surface area contributed by atoms with Crippen LogP contribution in [0.1, 0.15) is 40.5 Å². The number of piperazine rings is 1. The van der Waals surface area contributed by atoms with Crippen LogP contribution in [0.25, 0.3) is 0 Å². The lowest BCUT2D eigenvalue weighted by molar-refractivity contribution is -0.131. The summed E-state index contributed by atoms with van der Waals surface area (Å²) in [6.45, 7) is 11.7. The van der Waals surface area contributed by atoms with Gasteiger partial charge < -0.3 is 10.6 Å². The van der Waals surface area contributed by atoms with Gasteiger partial charge in [0.2, 0.25) is 5.91 Å². The number of nitrogens with two attached hydrogens (primary N) is 1. The molecular weight excluding hydrogens is 226 g/mol. The van der Waals surface area contributed by atoms with Gasteiger partial charge in [-0.2, -0.15) is 0 Å². The molecular formula is C14H27N3O. The van der Waals surface area contributed by atoms with Crippen molar-refractivity contribution in [1.82, 2.24) is 9.80 Å². The number of carbonyl (C=O) groups excluding carboxylic acids is 1. The van der Waals surface area contributed by atoms with E-state index in [1.54, 1.807) is 0 Å². The van der Waals surface area contributed by atoms with Gasteiger partial charge in [0, 0.05) is 44.2 Å². The second-order valence-corrected chi connectivity index (χ2v) is 6.94. The van der Waals surface area contributed by atoms with E-state index in [1.807, 2.05) is 0 Å². The van der Waals surface area contributed by atoms with Crippen molar-refractivity contribution in [3.8, 4) is 0 Å². The lowest BCUT2D eigenvalue weighted by Crippen LogP contribution is -2.61. The molecule has 0 bridgehead atoms. The number of hydrogen-bond donors (Lipinski definition) is 1. The highest BCUT2D eigenvalue weighted by atomic mass is 16.2. The van der Waals surface area contributed by atoms with Crippen LogP contribution < -0.4 is 5.73 Å². The Labute approximate surface area is 110 Å². The highest BCUT2D eigenvalue weighted by Gasteiger charge is 2.41. The topological polar surface area (TPSA) is 49.6 Å². The van der Waals surface area contributed by atoms with Crippen LogP contribution in [0.5, 0.6) is 0 Å². The Balaban J connectivity index is 2.08. The standard InChI is InChI=1S/C14H27N3O/c1-10(15)13(14(2,3)4)16-7-8-17-11(9-16)5-6-12(17)18/h10-11,13H,5-9,15H2,1-4H3. The van der Waals surface area contributed by atoms with Crippen LogP contribution in [0, 0.1) is 5.41 Å². The second kappa shape index (κ2) is 4.82. The van der Waals surface area contributed by atoms with Crippen LogP contribution in [-0.4, -0.2) is 53.5 Å². The Morgan fingerprint density at radius 3 is 2.56 bits per heavy atom. The number of hydrogen-bond acceptors (Lipinski definition) is 3. The molecule has 2 rings (SSSR count). The smallest absolute Gasteiger partial charge is 0.222 e. The summed E-state index contributed by atoms with van der Waals surface area (Å²) in [5.74, 6) is 0.341. The summed E-state index contributed by atoms with van der Waals surface area (Å²) in [7, 11) is 0. The monoisotopic (exact) mass is 253 g/mol. The summed E-state index contributed by atoms with van der Waals surface area (Å²) < 4.78 is 0. The third kappa shape index (κ3) is 2.54. The Kier molecular flexibility index (Phi) is 3.70. The Hall–Kier alpha value is -0.610. The second-order valence-electron chi connectivity index (χ2n) is 6.94. The van der Waals surface area contributed by atoms with Crippen molar-refractivity contribution in [3.63, 3.8) is 0 Å². The Morgan fingerprint density at radius 2 is 2.00 bits per heavy atom. The average molecular weight is 253 g/mol. The highest BCUT2D eigenvalue weighted by Crippen LogP contribution is 2.31. The van der Waals surface area contributed by atoms with E-state index < -0.39 is 0 Å². The fourth-order valence-corrected chi connectivity index (χ4v) is 3.81. The molecule has 0 spiro atoms. The third-order valence-corrected chi connectivity index (χ3v) is 4.30. The fourth-order valence-electron chi connectivity index (χ4n) is 3.81. The molecule has 0 aromatic rings. The molecule has 0 radical (unpaired) electrons. The van der Waals surface area contributed by atoms with Crippen LogP contribution in [0.15, 0.2) is 0 Å². The first-order chi connectivity index (χ1) is 8.30. The zero-order chi connectivity index (χ0) is 13.5. The molecule has 3 unspecified atom stereocenters. The molecule has 4 nitrogen and oxygen atoms in total. The lowest BCUT2D eigenvalue weighted by atomic mass is 9.81. The fraction of sp³-hybridized carbons (Fsp3) is 0.929. The molecule has 0 aromatic heterocycles. The van der Waals surface area contributed by atoms with Crippen LogP contribution in [-0.2, 0) is 4.79 Å². The first-order valence-electron chi connectivity index (χ1n) is 7.10. The molecule has 2 N–H and O–H groups in total. The Bertz CT molecular complexity index is 321. The molecule has 18 heavy (non-hydrogen) atoms. The van der Waals surface area contributed by atoms with Gasteiger partial charge in [0.25, 0.3) is 0 Å². The van der Waals surface area contributed by atoms with Gasteiger partial charge in [-0.05, 0) is 18.8 Å². The van der Waals surface area contributed by atoms with Crippen molar-refractivity contribution in [1.29, 1.82) is 0 Å². The summed E-state index contributed by atoms with van der Waals surface area (Å²) in [5, 5.41) is 0.